The number of carbonyl (C=O) groups is 2. The van der Waals surface area contributed by atoms with Crippen molar-refractivity contribution in [1.82, 2.24) is 10.2 Å². The van der Waals surface area contributed by atoms with E-state index in [1.807, 2.05) is 37.3 Å². The van der Waals surface area contributed by atoms with E-state index in [0.29, 0.717) is 10.0 Å². The number of hydrogen-bond acceptors (Lipinski definition) is 5. The third-order valence-electron chi connectivity index (χ3n) is 5.18. The molecule has 2 aromatic carbocycles. The Hall–Kier alpha value is -2.32. The van der Waals surface area contributed by atoms with Crippen LogP contribution < -0.4 is 15.5 Å². The summed E-state index contributed by atoms with van der Waals surface area (Å²) in [5.74, 6) is -0.370. The van der Waals surface area contributed by atoms with E-state index in [9.17, 15) is 9.59 Å². The summed E-state index contributed by atoms with van der Waals surface area (Å²) in [5.41, 5.74) is 2.68. The van der Waals surface area contributed by atoms with E-state index in [4.69, 9.17) is 27.9 Å². The topological polar surface area (TPSA) is 73.9 Å². The van der Waals surface area contributed by atoms with Crippen molar-refractivity contribution in [2.75, 3.05) is 56.7 Å². The average molecular weight is 479 g/mol. The number of morpholine rings is 1. The van der Waals surface area contributed by atoms with Gasteiger partial charge in [0.05, 0.1) is 42.4 Å². The summed E-state index contributed by atoms with van der Waals surface area (Å²) in [7, 11) is 1.73. The highest BCUT2D eigenvalue weighted by Crippen LogP contribution is 2.25. The summed E-state index contributed by atoms with van der Waals surface area (Å²) < 4.78 is 5.37. The molecule has 1 atom stereocenters. The molecule has 0 bridgehead atoms. The van der Waals surface area contributed by atoms with Gasteiger partial charge in [-0.1, -0.05) is 29.3 Å². The fraction of sp³-hybridized carbons (Fsp3) is 0.391. The van der Waals surface area contributed by atoms with Crippen molar-refractivity contribution >= 4 is 46.4 Å². The van der Waals surface area contributed by atoms with Gasteiger partial charge in [-0.15, -0.1) is 0 Å². The largest absolute Gasteiger partial charge is 0.378 e. The van der Waals surface area contributed by atoms with Gasteiger partial charge in [0, 0.05) is 24.5 Å². The van der Waals surface area contributed by atoms with Crippen LogP contribution in [0.25, 0.3) is 0 Å². The molecule has 3 rings (SSSR count). The minimum atomic E-state index is -0.232. The van der Waals surface area contributed by atoms with Crippen molar-refractivity contribution < 1.29 is 14.3 Å². The van der Waals surface area contributed by atoms with Gasteiger partial charge in [-0.05, 0) is 55.9 Å². The molecule has 7 nitrogen and oxygen atoms in total. The quantitative estimate of drug-likeness (QED) is 0.606. The lowest BCUT2D eigenvalue weighted by Crippen LogP contribution is -2.39. The molecule has 1 heterocycles. The number of nitrogens with one attached hydrogen (secondary N) is 2. The van der Waals surface area contributed by atoms with Gasteiger partial charge in [0.2, 0.25) is 11.8 Å². The predicted molar refractivity (Wildman–Crippen MR) is 129 cm³/mol. The van der Waals surface area contributed by atoms with E-state index >= 15 is 0 Å². The van der Waals surface area contributed by atoms with Crippen molar-refractivity contribution in [3.63, 3.8) is 0 Å². The van der Waals surface area contributed by atoms with Gasteiger partial charge in [-0.25, -0.2) is 0 Å². The van der Waals surface area contributed by atoms with E-state index in [0.717, 1.165) is 43.2 Å². The zero-order valence-electron chi connectivity index (χ0n) is 18.2. The number of carbonyl (C=O) groups excluding carboxylic acids is 2. The number of benzene rings is 2. The van der Waals surface area contributed by atoms with Gasteiger partial charge < -0.3 is 20.3 Å². The van der Waals surface area contributed by atoms with Crippen LogP contribution in [0.4, 0.5) is 11.4 Å². The zero-order chi connectivity index (χ0) is 23.1. The molecule has 2 amide bonds. The highest BCUT2D eigenvalue weighted by atomic mass is 35.5. The molecule has 0 radical (unpaired) electrons. The van der Waals surface area contributed by atoms with E-state index in [2.05, 4.69) is 15.5 Å². The van der Waals surface area contributed by atoms with E-state index in [-0.39, 0.29) is 30.9 Å². The zero-order valence-corrected chi connectivity index (χ0v) is 19.7. The minimum Gasteiger partial charge on any atom is -0.378 e. The fourth-order valence-electron chi connectivity index (χ4n) is 3.48. The number of rotatable bonds is 8. The highest BCUT2D eigenvalue weighted by Gasteiger charge is 2.15. The second kappa shape index (κ2) is 11.5. The Morgan fingerprint density at radius 2 is 1.69 bits per heavy atom. The van der Waals surface area contributed by atoms with Crippen LogP contribution in [0, 0.1) is 0 Å². The second-order valence-corrected chi connectivity index (χ2v) is 8.64. The van der Waals surface area contributed by atoms with Crippen LogP contribution in [0.5, 0.6) is 0 Å². The molecule has 0 unspecified atom stereocenters. The Morgan fingerprint density at radius 1 is 1.03 bits per heavy atom. The second-order valence-electron chi connectivity index (χ2n) is 7.83. The Bertz CT molecular complexity index is 933. The maximum Gasteiger partial charge on any atom is 0.238 e. The lowest BCUT2D eigenvalue weighted by molar-refractivity contribution is -0.123. The lowest BCUT2D eigenvalue weighted by atomic mass is 10.1. The number of amides is 2. The van der Waals surface area contributed by atoms with E-state index in [1.54, 1.807) is 24.1 Å². The van der Waals surface area contributed by atoms with Crippen LogP contribution in [0.2, 0.25) is 10.0 Å². The summed E-state index contributed by atoms with van der Waals surface area (Å²) in [4.78, 5) is 28.6. The Morgan fingerprint density at radius 3 is 2.34 bits per heavy atom. The number of ether oxygens (including phenoxy) is 1. The normalized spacial score (nSPS) is 14.8. The van der Waals surface area contributed by atoms with Gasteiger partial charge in [0.25, 0.3) is 0 Å². The van der Waals surface area contributed by atoms with Crippen LogP contribution in [-0.4, -0.2) is 63.2 Å². The molecule has 2 N–H and O–H groups in total. The Labute approximate surface area is 198 Å². The maximum atomic E-state index is 12.4. The average Bonchev–Trinajstić information content (AvgIpc) is 2.76. The minimum absolute atomic E-state index is 0.0923. The van der Waals surface area contributed by atoms with Crippen molar-refractivity contribution in [1.29, 1.82) is 0 Å². The molecule has 1 saturated heterocycles. The molecule has 0 aromatic heterocycles. The number of nitrogens with zero attached hydrogens (tertiary/aromatic N) is 2. The first-order valence-corrected chi connectivity index (χ1v) is 11.2. The first-order valence-electron chi connectivity index (χ1n) is 10.5. The van der Waals surface area contributed by atoms with E-state index in [1.165, 1.54) is 0 Å². The maximum absolute atomic E-state index is 12.4. The smallest absolute Gasteiger partial charge is 0.238 e. The van der Waals surface area contributed by atoms with Gasteiger partial charge in [-0.3, -0.25) is 14.5 Å². The van der Waals surface area contributed by atoms with E-state index < -0.39 is 0 Å². The van der Waals surface area contributed by atoms with Crippen LogP contribution in [0.15, 0.2) is 42.5 Å². The number of likely N-dealkylation sites (N-methyl/N-ethyl adjacent to an activating group) is 1. The SMILES string of the molecule is C[C@H](NC(=O)CN(C)CC(=O)Nc1ccc(N2CCOCC2)cc1)c1ccc(Cl)c(Cl)c1. The highest BCUT2D eigenvalue weighted by molar-refractivity contribution is 6.42. The van der Waals surface area contributed by atoms with Crippen molar-refractivity contribution in [2.24, 2.45) is 0 Å². The lowest BCUT2D eigenvalue weighted by Gasteiger charge is -2.28. The van der Waals surface area contributed by atoms with Crippen molar-refractivity contribution in [3.05, 3.63) is 58.1 Å². The van der Waals surface area contributed by atoms with Crippen molar-refractivity contribution in [2.45, 2.75) is 13.0 Å². The Balaban J connectivity index is 1.43. The molecule has 1 aliphatic heterocycles. The standard InChI is InChI=1S/C23H28Cl2N4O3/c1-16(17-3-8-20(24)21(25)13-17)26-22(30)14-28(2)15-23(31)27-18-4-6-19(7-5-18)29-9-11-32-12-10-29/h3-8,13,16H,9-12,14-15H2,1-2H3,(H,26,30)(H,27,31)/t16-/m0/s1. The van der Waals surface area contributed by atoms with Gasteiger partial charge in [0.1, 0.15) is 0 Å². The first-order chi connectivity index (χ1) is 15.3. The molecule has 1 aliphatic rings. The Kier molecular flexibility index (Phi) is 8.75. The molecule has 1 fully saturated rings. The molecular weight excluding hydrogens is 451 g/mol. The molecular formula is C23H28Cl2N4O3. The van der Waals surface area contributed by atoms with Gasteiger partial charge >= 0.3 is 0 Å². The van der Waals surface area contributed by atoms with Crippen LogP contribution >= 0.6 is 23.2 Å². The van der Waals surface area contributed by atoms with Crippen LogP contribution in [0.3, 0.4) is 0 Å². The fourth-order valence-corrected chi connectivity index (χ4v) is 3.78. The third kappa shape index (κ3) is 7.10. The summed E-state index contributed by atoms with van der Waals surface area (Å²) in [5, 5.41) is 6.69. The number of anilines is 2. The summed E-state index contributed by atoms with van der Waals surface area (Å²) in [6.45, 7) is 5.24. The molecule has 0 saturated carbocycles. The van der Waals surface area contributed by atoms with Gasteiger partial charge in [-0.2, -0.15) is 0 Å². The summed E-state index contributed by atoms with van der Waals surface area (Å²) in [6, 6.07) is 12.8. The molecule has 9 heteroatoms. The molecule has 0 aliphatic carbocycles. The number of hydrogen-bond donors (Lipinski definition) is 2. The van der Waals surface area contributed by atoms with Crippen molar-refractivity contribution in [3.8, 4) is 0 Å². The molecule has 32 heavy (non-hydrogen) atoms. The first kappa shape index (κ1) is 24.3. The van der Waals surface area contributed by atoms with Crippen LogP contribution in [-0.2, 0) is 14.3 Å². The monoisotopic (exact) mass is 478 g/mol. The third-order valence-corrected chi connectivity index (χ3v) is 5.91. The molecule has 172 valence electrons. The number of halogens is 2. The predicted octanol–water partition coefficient (Wildman–Crippen LogP) is 3.58. The van der Waals surface area contributed by atoms with Gasteiger partial charge in [0.15, 0.2) is 0 Å². The van der Waals surface area contributed by atoms with Crippen LogP contribution in [0.1, 0.15) is 18.5 Å². The summed E-state index contributed by atoms with van der Waals surface area (Å²) >= 11 is 12.0. The molecule has 2 aromatic rings. The molecule has 0 spiro atoms. The summed E-state index contributed by atoms with van der Waals surface area (Å²) in [6.07, 6.45) is 0.